The summed E-state index contributed by atoms with van der Waals surface area (Å²) in [4.78, 5) is 13.9. The second-order valence-corrected chi connectivity index (χ2v) is 4.31. The van der Waals surface area contributed by atoms with Gasteiger partial charge in [-0.25, -0.2) is 0 Å². The lowest BCUT2D eigenvalue weighted by Crippen LogP contribution is -2.38. The number of likely N-dealkylation sites (tertiary alicyclic amines) is 1. The number of nitrogens with zero attached hydrogens (tertiary/aromatic N) is 1. The maximum atomic E-state index is 12.0. The van der Waals surface area contributed by atoms with Crippen LogP contribution in [0.15, 0.2) is 23.0 Å². The molecule has 1 aliphatic heterocycles. The van der Waals surface area contributed by atoms with Crippen LogP contribution in [0.3, 0.4) is 0 Å². The van der Waals surface area contributed by atoms with Gasteiger partial charge >= 0.3 is 0 Å². The summed E-state index contributed by atoms with van der Waals surface area (Å²) in [6.07, 6.45) is 4.03. The van der Waals surface area contributed by atoms with E-state index in [4.69, 9.17) is 16.0 Å². The minimum absolute atomic E-state index is 0.0266. The van der Waals surface area contributed by atoms with Crippen molar-refractivity contribution in [2.45, 2.75) is 19.4 Å². The highest BCUT2D eigenvalue weighted by atomic mass is 35.5. The lowest BCUT2D eigenvalue weighted by molar-refractivity contribution is 0.0736. The molecule has 1 fully saturated rings. The first-order valence-electron chi connectivity index (χ1n) is 5.13. The molecule has 1 aliphatic rings. The minimum Gasteiger partial charge on any atom is -0.472 e. The summed E-state index contributed by atoms with van der Waals surface area (Å²) in [5.74, 6) is 1.02. The molecule has 4 heteroatoms. The second kappa shape index (κ2) is 4.27. The molecule has 0 N–H and O–H groups in total. The Morgan fingerprint density at radius 1 is 1.73 bits per heavy atom. The summed E-state index contributed by atoms with van der Waals surface area (Å²) in [5.41, 5.74) is 0.610. The van der Waals surface area contributed by atoms with Crippen LogP contribution in [0.25, 0.3) is 0 Å². The van der Waals surface area contributed by atoms with Crippen LogP contribution in [-0.2, 0) is 0 Å². The van der Waals surface area contributed by atoms with Gasteiger partial charge in [0.1, 0.15) is 6.26 Å². The van der Waals surface area contributed by atoms with E-state index in [9.17, 15) is 4.79 Å². The van der Waals surface area contributed by atoms with Crippen molar-refractivity contribution in [1.29, 1.82) is 0 Å². The van der Waals surface area contributed by atoms with Gasteiger partial charge in [0.25, 0.3) is 5.91 Å². The third-order valence-corrected chi connectivity index (χ3v) is 3.39. The van der Waals surface area contributed by atoms with Gasteiger partial charge in [-0.15, -0.1) is 11.6 Å². The quantitative estimate of drug-likeness (QED) is 0.727. The van der Waals surface area contributed by atoms with E-state index in [-0.39, 0.29) is 11.9 Å². The van der Waals surface area contributed by atoms with E-state index in [0.717, 1.165) is 13.0 Å². The molecule has 1 aromatic rings. The number of alkyl halides is 1. The molecule has 0 aromatic carbocycles. The molecule has 2 heterocycles. The summed E-state index contributed by atoms with van der Waals surface area (Å²) in [6.45, 7) is 2.93. The predicted octanol–water partition coefficient (Wildman–Crippen LogP) is 2.37. The van der Waals surface area contributed by atoms with Gasteiger partial charge in [0.05, 0.1) is 11.8 Å². The third kappa shape index (κ3) is 1.88. The first kappa shape index (κ1) is 10.6. The molecule has 0 bridgehead atoms. The molecule has 0 saturated carbocycles. The molecule has 2 rings (SSSR count). The molecule has 15 heavy (non-hydrogen) atoms. The molecule has 0 aliphatic carbocycles. The Labute approximate surface area is 94.0 Å². The summed E-state index contributed by atoms with van der Waals surface area (Å²) in [5, 5.41) is 0. The number of carbonyl (C=O) groups is 1. The smallest absolute Gasteiger partial charge is 0.257 e. The van der Waals surface area contributed by atoms with Crippen LogP contribution in [-0.4, -0.2) is 29.3 Å². The van der Waals surface area contributed by atoms with Crippen molar-refractivity contribution in [3.05, 3.63) is 24.2 Å². The van der Waals surface area contributed by atoms with Gasteiger partial charge in [-0.2, -0.15) is 0 Å². The highest BCUT2D eigenvalue weighted by Gasteiger charge is 2.34. The van der Waals surface area contributed by atoms with Gasteiger partial charge in [-0.1, -0.05) is 6.92 Å². The zero-order valence-corrected chi connectivity index (χ0v) is 9.41. The Balaban J connectivity index is 2.14. The van der Waals surface area contributed by atoms with Crippen molar-refractivity contribution in [2.24, 2.45) is 5.92 Å². The average Bonchev–Trinajstić information content (AvgIpc) is 2.85. The predicted molar refractivity (Wildman–Crippen MR) is 58.0 cm³/mol. The number of hydrogen-bond donors (Lipinski definition) is 0. The van der Waals surface area contributed by atoms with E-state index in [1.165, 1.54) is 12.5 Å². The average molecular weight is 228 g/mol. The van der Waals surface area contributed by atoms with Crippen LogP contribution >= 0.6 is 11.6 Å². The van der Waals surface area contributed by atoms with E-state index >= 15 is 0 Å². The van der Waals surface area contributed by atoms with Crippen LogP contribution < -0.4 is 0 Å². The van der Waals surface area contributed by atoms with Crippen molar-refractivity contribution in [2.75, 3.05) is 12.4 Å². The lowest BCUT2D eigenvalue weighted by Gasteiger charge is -2.24. The fourth-order valence-electron chi connectivity index (χ4n) is 2.05. The van der Waals surface area contributed by atoms with Crippen LogP contribution in [0.1, 0.15) is 23.7 Å². The van der Waals surface area contributed by atoms with Crippen molar-refractivity contribution in [3.8, 4) is 0 Å². The van der Waals surface area contributed by atoms with Gasteiger partial charge in [0.15, 0.2) is 0 Å². The molecule has 1 aromatic heterocycles. The van der Waals surface area contributed by atoms with Crippen molar-refractivity contribution >= 4 is 17.5 Å². The molecular weight excluding hydrogens is 214 g/mol. The van der Waals surface area contributed by atoms with Crippen LogP contribution in [0, 0.1) is 5.92 Å². The van der Waals surface area contributed by atoms with Gasteiger partial charge in [-0.3, -0.25) is 4.79 Å². The highest BCUT2D eigenvalue weighted by molar-refractivity contribution is 6.18. The second-order valence-electron chi connectivity index (χ2n) is 4.00. The molecule has 2 atom stereocenters. The molecule has 2 unspecified atom stereocenters. The third-order valence-electron chi connectivity index (χ3n) is 3.07. The number of hydrogen-bond acceptors (Lipinski definition) is 2. The highest BCUT2D eigenvalue weighted by Crippen LogP contribution is 2.26. The minimum atomic E-state index is 0.0266. The Bertz CT molecular complexity index is 336. The number of rotatable bonds is 2. The first-order valence-corrected chi connectivity index (χ1v) is 5.66. The normalized spacial score (nSPS) is 25.9. The van der Waals surface area contributed by atoms with E-state index in [2.05, 4.69) is 6.92 Å². The number of amides is 1. The molecule has 1 saturated heterocycles. The fraction of sp³-hybridized carbons (Fsp3) is 0.545. The molecular formula is C11H14ClNO2. The number of carbonyl (C=O) groups excluding carboxylic acids is 1. The SMILES string of the molecule is CC1CCN(C(=O)c2ccoc2)C1CCl. The number of halogens is 1. The van der Waals surface area contributed by atoms with Gasteiger partial charge < -0.3 is 9.32 Å². The monoisotopic (exact) mass is 227 g/mol. The fourth-order valence-corrected chi connectivity index (χ4v) is 2.52. The van der Waals surface area contributed by atoms with Crippen LogP contribution in [0.5, 0.6) is 0 Å². The summed E-state index contributed by atoms with van der Waals surface area (Å²) >= 11 is 5.89. The Kier molecular flexibility index (Phi) is 3.00. The molecule has 0 spiro atoms. The summed E-state index contributed by atoms with van der Waals surface area (Å²) < 4.78 is 4.91. The molecule has 0 radical (unpaired) electrons. The lowest BCUT2D eigenvalue weighted by atomic mass is 10.0. The summed E-state index contributed by atoms with van der Waals surface area (Å²) in [7, 11) is 0. The molecule has 3 nitrogen and oxygen atoms in total. The zero-order valence-electron chi connectivity index (χ0n) is 8.65. The number of furan rings is 1. The van der Waals surface area contributed by atoms with E-state index in [1.807, 2.05) is 4.90 Å². The van der Waals surface area contributed by atoms with Gasteiger partial charge in [-0.05, 0) is 18.4 Å². The molecule has 1 amide bonds. The van der Waals surface area contributed by atoms with Crippen molar-refractivity contribution in [1.82, 2.24) is 4.90 Å². The van der Waals surface area contributed by atoms with Crippen molar-refractivity contribution in [3.63, 3.8) is 0 Å². The maximum absolute atomic E-state index is 12.0. The van der Waals surface area contributed by atoms with Gasteiger partial charge in [0, 0.05) is 18.5 Å². The largest absolute Gasteiger partial charge is 0.472 e. The zero-order chi connectivity index (χ0) is 10.8. The Hall–Kier alpha value is -0.960. The molecule has 82 valence electrons. The first-order chi connectivity index (χ1) is 7.24. The Morgan fingerprint density at radius 2 is 2.53 bits per heavy atom. The van der Waals surface area contributed by atoms with Crippen molar-refractivity contribution < 1.29 is 9.21 Å². The van der Waals surface area contributed by atoms with Crippen LogP contribution in [0.4, 0.5) is 0 Å². The van der Waals surface area contributed by atoms with E-state index in [1.54, 1.807) is 6.07 Å². The Morgan fingerprint density at radius 3 is 3.13 bits per heavy atom. The summed E-state index contributed by atoms with van der Waals surface area (Å²) in [6, 6.07) is 1.85. The standard InChI is InChI=1S/C11H14ClNO2/c1-8-2-4-13(10(8)6-12)11(14)9-3-5-15-7-9/h3,5,7-8,10H,2,4,6H2,1H3. The van der Waals surface area contributed by atoms with E-state index in [0.29, 0.717) is 17.4 Å². The van der Waals surface area contributed by atoms with Crippen LogP contribution in [0.2, 0.25) is 0 Å². The van der Waals surface area contributed by atoms with E-state index < -0.39 is 0 Å². The topological polar surface area (TPSA) is 33.5 Å². The maximum Gasteiger partial charge on any atom is 0.257 e. The van der Waals surface area contributed by atoms with Gasteiger partial charge in [0.2, 0.25) is 0 Å².